The third kappa shape index (κ3) is 8.88. The van der Waals surface area contributed by atoms with Gasteiger partial charge in [0.05, 0.1) is 36.3 Å². The van der Waals surface area contributed by atoms with Gasteiger partial charge in [-0.05, 0) is 104 Å². The Morgan fingerprint density at radius 3 is 2.73 bits per heavy atom. The predicted octanol–water partition coefficient (Wildman–Crippen LogP) is 7.14. The second kappa shape index (κ2) is 16.4. The Morgan fingerprint density at radius 1 is 1.12 bits per heavy atom. The van der Waals surface area contributed by atoms with Crippen LogP contribution in [0.1, 0.15) is 76.6 Å². The maximum absolute atomic E-state index is 14.6. The quantitative estimate of drug-likeness (QED) is 0.278. The van der Waals surface area contributed by atoms with Gasteiger partial charge in [-0.25, -0.2) is 4.21 Å². The summed E-state index contributed by atoms with van der Waals surface area (Å²) in [6, 6.07) is 13.1. The smallest absolute Gasteiger partial charge is 0.286 e. The summed E-state index contributed by atoms with van der Waals surface area (Å²) in [5, 5.41) is 0.712. The summed E-state index contributed by atoms with van der Waals surface area (Å²) in [4.78, 5) is 29.9. The fourth-order valence-electron chi connectivity index (χ4n) is 7.40. The molecule has 0 radical (unpaired) electrons. The summed E-state index contributed by atoms with van der Waals surface area (Å²) in [6.45, 7) is 4.12. The zero-order valence-electron chi connectivity index (χ0n) is 29.9. The van der Waals surface area contributed by atoms with Crippen molar-refractivity contribution in [2.75, 3.05) is 38.0 Å². The largest absolute Gasteiger partial charge is 0.491 e. The topological polar surface area (TPSA) is 111 Å². The number of nitrogens with one attached hydrogen (secondary N) is 1. The molecule has 2 aromatic carbocycles. The van der Waals surface area contributed by atoms with Gasteiger partial charge in [0.2, 0.25) is 0 Å². The van der Waals surface area contributed by atoms with Crippen molar-refractivity contribution in [1.29, 1.82) is 0 Å². The molecule has 1 unspecified atom stereocenters. The lowest BCUT2D eigenvalue weighted by Crippen LogP contribution is -2.43. The lowest BCUT2D eigenvalue weighted by molar-refractivity contribution is 0.0133. The third-order valence-electron chi connectivity index (χ3n) is 10.3. The molecule has 274 valence electrons. The van der Waals surface area contributed by atoms with E-state index in [9.17, 15) is 13.8 Å². The highest BCUT2D eigenvalue weighted by molar-refractivity contribution is 7.92. The minimum Gasteiger partial charge on any atom is -0.491 e. The summed E-state index contributed by atoms with van der Waals surface area (Å²) in [5.74, 6) is -0.0235. The number of allylic oxidation sites excluding steroid dienone is 1. The van der Waals surface area contributed by atoms with E-state index in [1.807, 2.05) is 26.1 Å². The maximum Gasteiger partial charge on any atom is 0.286 e. The molecular formula is C39H49ClN4O6S. The van der Waals surface area contributed by atoms with Gasteiger partial charge in [0.15, 0.2) is 0 Å². The summed E-state index contributed by atoms with van der Waals surface area (Å²) in [6.07, 6.45) is 11.2. The molecule has 2 amide bonds. The number of hydrogen-bond acceptors (Lipinski definition) is 7. The summed E-state index contributed by atoms with van der Waals surface area (Å²) >= 11 is 6.47. The first-order chi connectivity index (χ1) is 24.6. The van der Waals surface area contributed by atoms with E-state index in [2.05, 4.69) is 38.3 Å². The first kappa shape index (κ1) is 37.1. The Hall–Kier alpha value is -3.64. The Morgan fingerprint density at radius 2 is 1.96 bits per heavy atom. The second-order valence-corrected chi connectivity index (χ2v) is 16.6. The molecule has 5 atom stereocenters. The van der Waals surface area contributed by atoms with Crippen molar-refractivity contribution in [1.82, 2.24) is 9.29 Å². The number of methoxy groups -OCH3 is 2. The van der Waals surface area contributed by atoms with Crippen LogP contribution in [0.4, 0.5) is 5.69 Å². The van der Waals surface area contributed by atoms with Crippen LogP contribution in [-0.2, 0) is 46.0 Å². The molecule has 3 aliphatic rings. The van der Waals surface area contributed by atoms with Crippen LogP contribution in [-0.4, -0.2) is 59.8 Å². The van der Waals surface area contributed by atoms with Crippen LogP contribution in [0.2, 0.25) is 5.02 Å². The minimum absolute atomic E-state index is 0.00416. The van der Waals surface area contributed by atoms with Crippen LogP contribution in [0.15, 0.2) is 65.2 Å². The Bertz CT molecular complexity index is 1900. The number of aromatic nitrogens is 1. The number of carbonyl (C=O) groups excluding carboxylic acids is 2. The summed E-state index contributed by atoms with van der Waals surface area (Å²) in [7, 11) is 1.59. The van der Waals surface area contributed by atoms with Gasteiger partial charge < -0.3 is 23.7 Å². The zero-order valence-corrected chi connectivity index (χ0v) is 31.5. The Labute approximate surface area is 306 Å². The van der Waals surface area contributed by atoms with Gasteiger partial charge in [0, 0.05) is 56.8 Å². The molecule has 3 heterocycles. The van der Waals surface area contributed by atoms with Gasteiger partial charge in [-0.1, -0.05) is 36.7 Å². The summed E-state index contributed by atoms with van der Waals surface area (Å²) in [5.41, 5.74) is 4.53. The molecule has 1 aromatic heterocycles. The molecule has 1 N–H and O–H groups in total. The number of anilines is 1. The first-order valence-corrected chi connectivity index (χ1v) is 19.9. The second-order valence-electron chi connectivity index (χ2n) is 14.2. The van der Waals surface area contributed by atoms with Gasteiger partial charge in [0.1, 0.15) is 15.7 Å². The number of nitrogens with zero attached hydrogens (tertiary/aromatic N) is 3. The van der Waals surface area contributed by atoms with Crippen molar-refractivity contribution in [3.8, 4) is 5.75 Å². The molecule has 6 rings (SSSR count). The van der Waals surface area contributed by atoms with Crippen molar-refractivity contribution in [2.24, 2.45) is 29.2 Å². The van der Waals surface area contributed by atoms with Crippen LogP contribution in [0.5, 0.6) is 5.75 Å². The van der Waals surface area contributed by atoms with Crippen molar-refractivity contribution >= 4 is 39.0 Å². The number of benzene rings is 2. The number of amides is 2. The maximum atomic E-state index is 14.6. The van der Waals surface area contributed by atoms with Gasteiger partial charge in [-0.3, -0.25) is 14.3 Å². The molecule has 1 fully saturated rings. The highest BCUT2D eigenvalue weighted by Gasteiger charge is 2.38. The molecule has 0 saturated heterocycles. The zero-order chi connectivity index (χ0) is 36.1. The Balaban J connectivity index is 1.43. The fourth-order valence-corrected chi connectivity index (χ4v) is 9.49. The predicted molar refractivity (Wildman–Crippen MR) is 201 cm³/mol. The fraction of sp³-hybridized carbons (Fsp3) is 0.487. The SMILES string of the molecule is COCc1cc(C(=O)NS2(=O)=NC(=O)c3ccc4c(c3)N(Cc3ccc(Cl)cc3CCCCO4)C[C@@H]3CC[C@H]3[C@@H](OC)/C=C/C[C@H](C)C2)cn1C. The van der Waals surface area contributed by atoms with Crippen LogP contribution in [0.3, 0.4) is 0 Å². The molecule has 0 spiro atoms. The van der Waals surface area contributed by atoms with E-state index in [0.717, 1.165) is 50.0 Å². The first-order valence-electron chi connectivity index (χ1n) is 17.8. The van der Waals surface area contributed by atoms with E-state index in [4.69, 9.17) is 25.8 Å². The van der Waals surface area contributed by atoms with Crippen molar-refractivity contribution in [3.63, 3.8) is 0 Å². The van der Waals surface area contributed by atoms with Gasteiger partial charge >= 0.3 is 0 Å². The Kier molecular flexibility index (Phi) is 11.9. The van der Waals surface area contributed by atoms with E-state index >= 15 is 0 Å². The third-order valence-corrected chi connectivity index (χ3v) is 12.5. The van der Waals surface area contributed by atoms with Crippen molar-refractivity contribution < 1.29 is 28.0 Å². The van der Waals surface area contributed by atoms with Crippen LogP contribution in [0.25, 0.3) is 0 Å². The van der Waals surface area contributed by atoms with Crippen molar-refractivity contribution in [2.45, 2.75) is 64.7 Å². The van der Waals surface area contributed by atoms with Gasteiger partial charge in [-0.2, -0.15) is 0 Å². The standard InChI is InChI=1S/C39H49ClN4O6S/c1-26-8-7-10-36(49-4)34-15-12-30(34)23-44-22-29-11-14-32(40)18-27(29)9-5-6-17-50-37-16-13-28(20-35(37)44)38(45)41-51(47,25-26)42-39(46)31-19-33(24-48-3)43(2)21-31/h7,10-11,13-14,16,18-21,26,30,34,36H,5-6,8-9,12,15,17,22-25H2,1-4H3,(H,41,42,45,46,47)/b10-7+/t26-,30-,34+,36-,51?/m0/s1. The molecule has 10 nitrogen and oxygen atoms in total. The number of fused-ring (bicyclic) bond motifs is 3. The van der Waals surface area contributed by atoms with Crippen molar-refractivity contribution in [3.05, 3.63) is 93.8 Å². The van der Waals surface area contributed by atoms with E-state index in [0.29, 0.717) is 54.4 Å². The number of rotatable bonds is 5. The van der Waals surface area contributed by atoms with Gasteiger partial charge in [0.25, 0.3) is 11.8 Å². The van der Waals surface area contributed by atoms with Gasteiger partial charge in [-0.15, -0.1) is 4.36 Å². The van der Waals surface area contributed by atoms with E-state index in [-0.39, 0.29) is 23.3 Å². The molecule has 2 aliphatic heterocycles. The van der Waals surface area contributed by atoms with Crippen LogP contribution >= 0.6 is 11.6 Å². The van der Waals surface area contributed by atoms with Crippen LogP contribution < -0.4 is 14.4 Å². The number of carbonyl (C=O) groups is 2. The molecular weight excluding hydrogens is 688 g/mol. The lowest BCUT2D eigenvalue weighted by atomic mass is 9.70. The minimum atomic E-state index is -3.55. The number of halogens is 1. The molecule has 1 aliphatic carbocycles. The van der Waals surface area contributed by atoms with E-state index in [1.54, 1.807) is 43.2 Å². The number of ether oxygens (including phenoxy) is 3. The average molecular weight is 737 g/mol. The highest BCUT2D eigenvalue weighted by Crippen LogP contribution is 2.42. The van der Waals surface area contributed by atoms with Crippen LogP contribution in [0, 0.1) is 17.8 Å². The molecule has 3 aromatic rings. The lowest BCUT2D eigenvalue weighted by Gasteiger charge is -2.43. The normalized spacial score (nSPS) is 26.3. The average Bonchev–Trinajstić information content (AvgIpc) is 3.44. The van der Waals surface area contributed by atoms with E-state index < -0.39 is 21.7 Å². The molecule has 51 heavy (non-hydrogen) atoms. The monoisotopic (exact) mass is 736 g/mol. The summed E-state index contributed by atoms with van der Waals surface area (Å²) < 4.78 is 41.0. The molecule has 2 bridgehead atoms. The van der Waals surface area contributed by atoms with E-state index in [1.165, 1.54) is 11.1 Å². The molecule has 12 heteroatoms. The highest BCUT2D eigenvalue weighted by atomic mass is 35.5. The number of aryl methyl sites for hydroxylation is 2. The molecule has 1 saturated carbocycles. The number of hydrogen-bond donors (Lipinski definition) is 1.